The number of aromatic amines is 1. The maximum atomic E-state index is 13.2. The van der Waals surface area contributed by atoms with E-state index in [9.17, 15) is 21.6 Å². The molecule has 4 rings (SSSR count). The summed E-state index contributed by atoms with van der Waals surface area (Å²) < 4.78 is 66.7. The summed E-state index contributed by atoms with van der Waals surface area (Å²) in [4.78, 5) is 2.45. The van der Waals surface area contributed by atoms with Crippen LogP contribution in [0.2, 0.25) is 0 Å². The van der Waals surface area contributed by atoms with Crippen LogP contribution in [0.5, 0.6) is 0 Å². The third-order valence-electron chi connectivity index (χ3n) is 4.46. The van der Waals surface area contributed by atoms with E-state index in [0.29, 0.717) is 0 Å². The molecular weight excluding hydrogens is 401 g/mol. The molecule has 0 fully saturated rings. The summed E-state index contributed by atoms with van der Waals surface area (Å²) in [7, 11) is -4.40. The standard InChI is InChI=1S/C21H15F3N2O2S/c22-21(23,24)17-6-2-4-8-20(17)29(27,28)26-16-11-9-14(10-12-16)19-13-15-5-1-3-7-18(15)25-19/h1-13,25-26H. The van der Waals surface area contributed by atoms with Crippen molar-refractivity contribution in [1.29, 1.82) is 0 Å². The van der Waals surface area contributed by atoms with Crippen LogP contribution in [0.25, 0.3) is 22.2 Å². The van der Waals surface area contributed by atoms with Gasteiger partial charge in [0.1, 0.15) is 0 Å². The number of rotatable bonds is 4. The number of anilines is 1. The van der Waals surface area contributed by atoms with Gasteiger partial charge < -0.3 is 4.98 Å². The number of aromatic nitrogens is 1. The van der Waals surface area contributed by atoms with Crippen molar-refractivity contribution in [3.05, 3.63) is 84.4 Å². The molecule has 0 unspecified atom stereocenters. The first-order valence-corrected chi connectivity index (χ1v) is 10.1. The van der Waals surface area contributed by atoms with E-state index in [-0.39, 0.29) is 5.69 Å². The van der Waals surface area contributed by atoms with E-state index in [1.807, 2.05) is 30.3 Å². The van der Waals surface area contributed by atoms with Gasteiger partial charge in [0.25, 0.3) is 10.0 Å². The molecule has 0 aliphatic rings. The SMILES string of the molecule is O=S(=O)(Nc1ccc(-c2cc3ccccc3[nH]2)cc1)c1ccccc1C(F)(F)F. The fourth-order valence-electron chi connectivity index (χ4n) is 3.09. The minimum Gasteiger partial charge on any atom is -0.355 e. The second kappa shape index (κ2) is 6.97. The quantitative estimate of drug-likeness (QED) is 0.451. The molecule has 0 atom stereocenters. The zero-order valence-corrected chi connectivity index (χ0v) is 15.7. The summed E-state index contributed by atoms with van der Waals surface area (Å²) in [5.41, 5.74) is 1.60. The third kappa shape index (κ3) is 3.84. The molecule has 0 saturated heterocycles. The van der Waals surface area contributed by atoms with Crippen LogP contribution in [0.3, 0.4) is 0 Å². The van der Waals surface area contributed by atoms with E-state index in [1.54, 1.807) is 12.1 Å². The van der Waals surface area contributed by atoms with Gasteiger partial charge in [0.05, 0.1) is 10.5 Å². The fraction of sp³-hybridized carbons (Fsp3) is 0.0476. The Bertz CT molecular complexity index is 1240. The number of benzene rings is 3. The molecule has 2 N–H and O–H groups in total. The lowest BCUT2D eigenvalue weighted by Gasteiger charge is -2.14. The summed E-state index contributed by atoms with van der Waals surface area (Å²) in [6.07, 6.45) is -4.77. The summed E-state index contributed by atoms with van der Waals surface area (Å²) in [6.45, 7) is 0. The number of para-hydroxylation sites is 1. The van der Waals surface area contributed by atoms with Gasteiger partial charge in [-0.2, -0.15) is 13.2 Å². The maximum absolute atomic E-state index is 13.2. The van der Waals surface area contributed by atoms with Crippen LogP contribution < -0.4 is 4.72 Å². The van der Waals surface area contributed by atoms with Gasteiger partial charge in [0.2, 0.25) is 0 Å². The van der Waals surface area contributed by atoms with Crippen LogP contribution >= 0.6 is 0 Å². The first-order chi connectivity index (χ1) is 13.7. The van der Waals surface area contributed by atoms with Gasteiger partial charge >= 0.3 is 6.18 Å². The highest BCUT2D eigenvalue weighted by Gasteiger charge is 2.36. The molecule has 1 aromatic heterocycles. The zero-order valence-electron chi connectivity index (χ0n) is 14.9. The number of fused-ring (bicyclic) bond motifs is 1. The lowest BCUT2D eigenvalue weighted by molar-refractivity contribution is -0.139. The Kier molecular flexibility index (Phi) is 4.58. The van der Waals surface area contributed by atoms with Crippen molar-refractivity contribution in [2.45, 2.75) is 11.1 Å². The van der Waals surface area contributed by atoms with Crippen LogP contribution in [-0.2, 0) is 16.2 Å². The largest absolute Gasteiger partial charge is 0.417 e. The molecular formula is C21H15F3N2O2S. The molecule has 3 aromatic carbocycles. The van der Waals surface area contributed by atoms with Crippen molar-refractivity contribution >= 4 is 26.6 Å². The first kappa shape index (κ1) is 19.1. The normalized spacial score (nSPS) is 12.2. The Morgan fingerprint density at radius 1 is 0.828 bits per heavy atom. The van der Waals surface area contributed by atoms with Crippen molar-refractivity contribution in [1.82, 2.24) is 4.98 Å². The summed E-state index contributed by atoms with van der Waals surface area (Å²) >= 11 is 0. The average molecular weight is 416 g/mol. The molecule has 0 spiro atoms. The predicted molar refractivity (Wildman–Crippen MR) is 106 cm³/mol. The molecule has 0 radical (unpaired) electrons. The molecule has 0 aliphatic carbocycles. The molecule has 148 valence electrons. The Morgan fingerprint density at radius 3 is 2.17 bits per heavy atom. The number of hydrogen-bond acceptors (Lipinski definition) is 2. The minimum atomic E-state index is -4.77. The minimum absolute atomic E-state index is 0.168. The van der Waals surface area contributed by atoms with Crippen LogP contribution in [0, 0.1) is 0 Å². The highest BCUT2D eigenvalue weighted by Crippen LogP contribution is 2.34. The van der Waals surface area contributed by atoms with Gasteiger partial charge in [-0.15, -0.1) is 0 Å². The summed E-state index contributed by atoms with van der Waals surface area (Å²) in [6, 6.07) is 20.2. The monoisotopic (exact) mass is 416 g/mol. The van der Waals surface area contributed by atoms with E-state index in [0.717, 1.165) is 40.4 Å². The number of H-pyrrole nitrogens is 1. The van der Waals surface area contributed by atoms with Gasteiger partial charge in [-0.05, 0) is 42.0 Å². The Labute approximate surface area is 165 Å². The van der Waals surface area contributed by atoms with Gasteiger partial charge in [0, 0.05) is 22.3 Å². The molecule has 4 nitrogen and oxygen atoms in total. The van der Waals surface area contributed by atoms with Gasteiger partial charge in [0.15, 0.2) is 0 Å². The van der Waals surface area contributed by atoms with Crippen molar-refractivity contribution in [3.63, 3.8) is 0 Å². The van der Waals surface area contributed by atoms with Crippen molar-refractivity contribution in [2.75, 3.05) is 4.72 Å². The van der Waals surface area contributed by atoms with Crippen molar-refractivity contribution < 1.29 is 21.6 Å². The van der Waals surface area contributed by atoms with Crippen LogP contribution in [0.4, 0.5) is 18.9 Å². The number of nitrogens with one attached hydrogen (secondary N) is 2. The Hall–Kier alpha value is -3.26. The third-order valence-corrected chi connectivity index (χ3v) is 5.90. The molecule has 1 heterocycles. The maximum Gasteiger partial charge on any atom is 0.417 e. The smallest absolute Gasteiger partial charge is 0.355 e. The van der Waals surface area contributed by atoms with Crippen molar-refractivity contribution in [3.8, 4) is 11.3 Å². The zero-order chi connectivity index (χ0) is 20.6. The predicted octanol–water partition coefficient (Wildman–Crippen LogP) is 5.65. The summed E-state index contributed by atoms with van der Waals surface area (Å²) in [5.74, 6) is 0. The summed E-state index contributed by atoms with van der Waals surface area (Å²) in [5, 5.41) is 1.04. The average Bonchev–Trinajstić information content (AvgIpc) is 3.12. The molecule has 0 bridgehead atoms. The molecule has 0 aliphatic heterocycles. The van der Waals surface area contributed by atoms with Gasteiger partial charge in [-0.25, -0.2) is 8.42 Å². The van der Waals surface area contributed by atoms with Crippen LogP contribution in [0.1, 0.15) is 5.56 Å². The van der Waals surface area contributed by atoms with Crippen LogP contribution in [-0.4, -0.2) is 13.4 Å². The fourth-order valence-corrected chi connectivity index (χ4v) is 4.38. The van der Waals surface area contributed by atoms with E-state index in [2.05, 4.69) is 9.71 Å². The molecule has 8 heteroatoms. The molecule has 0 saturated carbocycles. The first-order valence-electron chi connectivity index (χ1n) is 8.61. The van der Waals surface area contributed by atoms with Crippen LogP contribution in [0.15, 0.2) is 83.8 Å². The van der Waals surface area contributed by atoms with Crippen molar-refractivity contribution in [2.24, 2.45) is 0 Å². The second-order valence-electron chi connectivity index (χ2n) is 6.45. The number of hydrogen-bond donors (Lipinski definition) is 2. The topological polar surface area (TPSA) is 62.0 Å². The number of sulfonamides is 1. The number of alkyl halides is 3. The Morgan fingerprint density at radius 2 is 1.48 bits per heavy atom. The number of halogens is 3. The lowest BCUT2D eigenvalue weighted by Crippen LogP contribution is -2.18. The highest BCUT2D eigenvalue weighted by atomic mass is 32.2. The molecule has 4 aromatic rings. The lowest BCUT2D eigenvalue weighted by atomic mass is 10.1. The Balaban J connectivity index is 1.62. The highest BCUT2D eigenvalue weighted by molar-refractivity contribution is 7.92. The van der Waals surface area contributed by atoms with E-state index in [1.165, 1.54) is 18.2 Å². The molecule has 29 heavy (non-hydrogen) atoms. The van der Waals surface area contributed by atoms with E-state index >= 15 is 0 Å². The van der Waals surface area contributed by atoms with Gasteiger partial charge in [-0.1, -0.05) is 42.5 Å². The van der Waals surface area contributed by atoms with Gasteiger partial charge in [-0.3, -0.25) is 4.72 Å². The van der Waals surface area contributed by atoms with E-state index in [4.69, 9.17) is 0 Å². The second-order valence-corrected chi connectivity index (χ2v) is 8.10. The van der Waals surface area contributed by atoms with E-state index < -0.39 is 26.7 Å². The molecule has 0 amide bonds.